The highest BCUT2D eigenvalue weighted by Crippen LogP contribution is 2.33. The lowest BCUT2D eigenvalue weighted by Gasteiger charge is -2.21. The number of methoxy groups -OCH3 is 2. The summed E-state index contributed by atoms with van der Waals surface area (Å²) in [5, 5.41) is 2.65. The number of amides is 2. The van der Waals surface area contributed by atoms with Crippen molar-refractivity contribution in [3.05, 3.63) is 29.3 Å². The van der Waals surface area contributed by atoms with Crippen LogP contribution in [0.5, 0.6) is 11.5 Å². The van der Waals surface area contributed by atoms with Crippen LogP contribution in [0.2, 0.25) is 0 Å². The van der Waals surface area contributed by atoms with Crippen molar-refractivity contribution in [3.8, 4) is 22.1 Å². The SMILES string of the molecule is COc1ccc(-c2nc(CC(=O)N3CCCC3C(N)=O)cs2)cc1OC. The Morgan fingerprint density at radius 1 is 1.31 bits per heavy atom. The molecule has 2 aromatic rings. The number of likely N-dealkylation sites (tertiary alicyclic amines) is 1. The predicted octanol–water partition coefficient (Wildman–Crippen LogP) is 1.85. The zero-order chi connectivity index (χ0) is 18.7. The van der Waals surface area contributed by atoms with Crippen LogP contribution in [0.4, 0.5) is 0 Å². The van der Waals surface area contributed by atoms with Crippen LogP contribution in [0.25, 0.3) is 10.6 Å². The third-order valence-corrected chi connectivity index (χ3v) is 5.36. The van der Waals surface area contributed by atoms with Crippen LogP contribution in [-0.2, 0) is 16.0 Å². The Morgan fingerprint density at radius 2 is 2.08 bits per heavy atom. The number of carbonyl (C=O) groups excluding carboxylic acids is 2. The van der Waals surface area contributed by atoms with Gasteiger partial charge in [-0.3, -0.25) is 9.59 Å². The van der Waals surface area contributed by atoms with Crippen LogP contribution in [0.15, 0.2) is 23.6 Å². The van der Waals surface area contributed by atoms with Gasteiger partial charge < -0.3 is 20.1 Å². The first-order chi connectivity index (χ1) is 12.5. The average molecular weight is 375 g/mol. The summed E-state index contributed by atoms with van der Waals surface area (Å²) in [4.78, 5) is 30.1. The van der Waals surface area contributed by atoms with Crippen molar-refractivity contribution in [2.75, 3.05) is 20.8 Å². The molecule has 2 N–H and O–H groups in total. The summed E-state index contributed by atoms with van der Waals surface area (Å²) in [5.41, 5.74) is 6.95. The molecule has 0 spiro atoms. The molecular weight excluding hydrogens is 354 g/mol. The molecule has 2 heterocycles. The average Bonchev–Trinajstić information content (AvgIpc) is 3.30. The standard InChI is InChI=1S/C18H21N3O4S/c1-24-14-6-5-11(8-15(14)25-2)18-20-12(10-26-18)9-16(22)21-7-3-4-13(21)17(19)23/h5-6,8,10,13H,3-4,7,9H2,1-2H3,(H2,19,23). The molecule has 0 aliphatic carbocycles. The number of ether oxygens (including phenoxy) is 2. The number of hydrogen-bond donors (Lipinski definition) is 1. The lowest BCUT2D eigenvalue weighted by molar-refractivity contribution is -0.136. The number of carbonyl (C=O) groups is 2. The molecule has 3 rings (SSSR count). The molecule has 0 saturated carbocycles. The largest absolute Gasteiger partial charge is 0.493 e. The predicted molar refractivity (Wildman–Crippen MR) is 98.3 cm³/mol. The Labute approximate surface area is 155 Å². The third-order valence-electron chi connectivity index (χ3n) is 4.42. The maximum absolute atomic E-state index is 12.5. The highest BCUT2D eigenvalue weighted by atomic mass is 32.1. The van der Waals surface area contributed by atoms with Crippen LogP contribution in [0, 0.1) is 0 Å². The van der Waals surface area contributed by atoms with Crippen LogP contribution in [-0.4, -0.2) is 48.5 Å². The number of primary amides is 1. The zero-order valence-corrected chi connectivity index (χ0v) is 15.5. The van der Waals surface area contributed by atoms with Gasteiger partial charge in [0.05, 0.1) is 26.3 Å². The van der Waals surface area contributed by atoms with Crippen molar-refractivity contribution in [2.45, 2.75) is 25.3 Å². The Morgan fingerprint density at radius 3 is 2.77 bits per heavy atom. The minimum Gasteiger partial charge on any atom is -0.493 e. The van der Waals surface area contributed by atoms with Gasteiger partial charge in [-0.2, -0.15) is 0 Å². The van der Waals surface area contributed by atoms with E-state index in [-0.39, 0.29) is 12.3 Å². The van der Waals surface area contributed by atoms with Crippen molar-refractivity contribution < 1.29 is 19.1 Å². The smallest absolute Gasteiger partial charge is 0.240 e. The third kappa shape index (κ3) is 3.65. The fraction of sp³-hybridized carbons (Fsp3) is 0.389. The van der Waals surface area contributed by atoms with Crippen molar-refractivity contribution in [1.29, 1.82) is 0 Å². The van der Waals surface area contributed by atoms with Gasteiger partial charge in [0.25, 0.3) is 0 Å². The molecule has 0 radical (unpaired) electrons. The van der Waals surface area contributed by atoms with Crippen LogP contribution >= 0.6 is 11.3 Å². The van der Waals surface area contributed by atoms with Gasteiger partial charge in [0, 0.05) is 17.5 Å². The summed E-state index contributed by atoms with van der Waals surface area (Å²) in [6.45, 7) is 0.569. The zero-order valence-electron chi connectivity index (χ0n) is 14.7. The molecular formula is C18H21N3O4S. The van der Waals surface area contributed by atoms with E-state index in [1.54, 1.807) is 19.1 Å². The van der Waals surface area contributed by atoms with Gasteiger partial charge >= 0.3 is 0 Å². The van der Waals surface area contributed by atoms with E-state index >= 15 is 0 Å². The van der Waals surface area contributed by atoms with Crippen molar-refractivity contribution in [1.82, 2.24) is 9.88 Å². The first-order valence-electron chi connectivity index (χ1n) is 8.29. The molecule has 2 amide bonds. The molecule has 1 aromatic heterocycles. The van der Waals surface area contributed by atoms with E-state index in [1.807, 2.05) is 23.6 Å². The number of thiazole rings is 1. The Bertz CT molecular complexity index is 821. The highest BCUT2D eigenvalue weighted by molar-refractivity contribution is 7.13. The lowest BCUT2D eigenvalue weighted by Crippen LogP contribution is -2.44. The number of rotatable bonds is 6. The number of aromatic nitrogens is 1. The maximum Gasteiger partial charge on any atom is 0.240 e. The summed E-state index contributed by atoms with van der Waals surface area (Å²) in [6.07, 6.45) is 1.59. The van der Waals surface area contributed by atoms with E-state index in [0.717, 1.165) is 17.0 Å². The van der Waals surface area contributed by atoms with E-state index in [9.17, 15) is 9.59 Å². The van der Waals surface area contributed by atoms with Gasteiger partial charge in [-0.25, -0.2) is 4.98 Å². The van der Waals surface area contributed by atoms with E-state index < -0.39 is 11.9 Å². The van der Waals surface area contributed by atoms with E-state index in [4.69, 9.17) is 15.2 Å². The van der Waals surface area contributed by atoms with E-state index in [2.05, 4.69) is 4.98 Å². The second kappa shape index (κ2) is 7.74. The first kappa shape index (κ1) is 18.2. The lowest BCUT2D eigenvalue weighted by atomic mass is 10.2. The number of benzene rings is 1. The van der Waals surface area contributed by atoms with Crippen LogP contribution < -0.4 is 15.2 Å². The van der Waals surface area contributed by atoms with Gasteiger partial charge in [-0.05, 0) is 31.0 Å². The van der Waals surface area contributed by atoms with Crippen molar-refractivity contribution >= 4 is 23.2 Å². The van der Waals surface area contributed by atoms with Crippen LogP contribution in [0.1, 0.15) is 18.5 Å². The minimum absolute atomic E-state index is 0.115. The van der Waals surface area contributed by atoms with Crippen molar-refractivity contribution in [2.24, 2.45) is 5.73 Å². The normalized spacial score (nSPS) is 16.5. The second-order valence-electron chi connectivity index (χ2n) is 6.04. The molecule has 26 heavy (non-hydrogen) atoms. The number of nitrogens with two attached hydrogens (primary N) is 1. The maximum atomic E-state index is 12.5. The summed E-state index contributed by atoms with van der Waals surface area (Å²) >= 11 is 1.46. The highest BCUT2D eigenvalue weighted by Gasteiger charge is 2.32. The molecule has 138 valence electrons. The van der Waals surface area contributed by atoms with Gasteiger partial charge in [0.2, 0.25) is 11.8 Å². The molecule has 7 nitrogen and oxygen atoms in total. The van der Waals surface area contributed by atoms with E-state index in [1.165, 1.54) is 11.3 Å². The van der Waals surface area contributed by atoms with Gasteiger partial charge in [0.1, 0.15) is 11.0 Å². The Balaban J connectivity index is 1.74. The number of hydrogen-bond acceptors (Lipinski definition) is 6. The molecule has 1 fully saturated rings. The van der Waals surface area contributed by atoms with Gasteiger partial charge in [-0.1, -0.05) is 0 Å². The van der Waals surface area contributed by atoms with Gasteiger partial charge in [-0.15, -0.1) is 11.3 Å². The topological polar surface area (TPSA) is 94.8 Å². The molecule has 8 heteroatoms. The second-order valence-corrected chi connectivity index (χ2v) is 6.90. The summed E-state index contributed by atoms with van der Waals surface area (Å²) in [7, 11) is 3.17. The number of nitrogens with zero attached hydrogens (tertiary/aromatic N) is 2. The van der Waals surface area contributed by atoms with Crippen molar-refractivity contribution in [3.63, 3.8) is 0 Å². The van der Waals surface area contributed by atoms with Crippen LogP contribution in [0.3, 0.4) is 0 Å². The monoisotopic (exact) mass is 375 g/mol. The Kier molecular flexibility index (Phi) is 5.41. The molecule has 1 aromatic carbocycles. The molecule has 1 atom stereocenters. The molecule has 1 aliphatic rings. The minimum atomic E-state index is -0.494. The molecule has 0 bridgehead atoms. The molecule has 1 saturated heterocycles. The quantitative estimate of drug-likeness (QED) is 0.831. The fourth-order valence-electron chi connectivity index (χ4n) is 3.11. The molecule has 1 unspecified atom stereocenters. The summed E-state index contributed by atoms with van der Waals surface area (Å²) in [5.74, 6) is 0.713. The summed E-state index contributed by atoms with van der Waals surface area (Å²) < 4.78 is 10.6. The first-order valence-corrected chi connectivity index (χ1v) is 9.17. The van der Waals surface area contributed by atoms with E-state index in [0.29, 0.717) is 30.2 Å². The summed E-state index contributed by atoms with van der Waals surface area (Å²) in [6, 6.07) is 5.08. The molecule has 1 aliphatic heterocycles. The van der Waals surface area contributed by atoms with Gasteiger partial charge in [0.15, 0.2) is 11.5 Å². The Hall–Kier alpha value is -2.61. The fourth-order valence-corrected chi connectivity index (χ4v) is 3.92.